The van der Waals surface area contributed by atoms with Crippen LogP contribution in [0.3, 0.4) is 0 Å². The van der Waals surface area contributed by atoms with Crippen LogP contribution in [-0.4, -0.2) is 62.7 Å². The molecule has 0 radical (unpaired) electrons. The molecule has 1 heterocycles. The van der Waals surface area contributed by atoms with Crippen LogP contribution in [0.5, 0.6) is 5.75 Å². The number of likely N-dealkylation sites (N-methyl/N-ethyl adjacent to an activating group) is 1. The summed E-state index contributed by atoms with van der Waals surface area (Å²) in [7, 11) is 3.54. The van der Waals surface area contributed by atoms with E-state index in [2.05, 4.69) is 6.92 Å². The third-order valence-corrected chi connectivity index (χ3v) is 4.36. The van der Waals surface area contributed by atoms with Crippen LogP contribution < -0.4 is 4.74 Å². The Bertz CT molecular complexity index is 518. The average Bonchev–Trinajstić information content (AvgIpc) is 2.54. The molecule has 1 amide bonds. The van der Waals surface area contributed by atoms with Crippen LogP contribution in [-0.2, 0) is 9.53 Å². The van der Waals surface area contributed by atoms with Crippen molar-refractivity contribution >= 4 is 17.5 Å². The summed E-state index contributed by atoms with van der Waals surface area (Å²) in [4.78, 5) is 16.2. The molecule has 1 fully saturated rings. The van der Waals surface area contributed by atoms with Crippen molar-refractivity contribution in [3.05, 3.63) is 28.8 Å². The normalized spacial score (nSPS) is 16.7. The number of hydrogen-bond donors (Lipinski definition) is 0. The summed E-state index contributed by atoms with van der Waals surface area (Å²) in [5.74, 6) is 0.793. The van der Waals surface area contributed by atoms with Gasteiger partial charge in [-0.1, -0.05) is 17.7 Å². The number of nitrogens with zero attached hydrogens (tertiary/aromatic N) is 2. The Balaban J connectivity index is 1.97. The van der Waals surface area contributed by atoms with Crippen molar-refractivity contribution in [1.29, 1.82) is 0 Å². The number of benzene rings is 1. The first-order valence-corrected chi connectivity index (χ1v) is 7.80. The zero-order valence-electron chi connectivity index (χ0n) is 13.3. The fourth-order valence-corrected chi connectivity index (χ4v) is 2.73. The molecule has 0 unspecified atom stereocenters. The molecule has 1 aromatic carbocycles. The highest BCUT2D eigenvalue weighted by Gasteiger charge is 2.21. The first kappa shape index (κ1) is 17.1. The molecule has 0 aromatic heterocycles. The maximum absolute atomic E-state index is 12.3. The highest BCUT2D eigenvalue weighted by Crippen LogP contribution is 2.29. The second-order valence-corrected chi connectivity index (χ2v) is 5.89. The number of rotatable bonds is 5. The molecule has 0 bridgehead atoms. The van der Waals surface area contributed by atoms with Crippen molar-refractivity contribution < 1.29 is 14.3 Å². The SMILES string of the molecule is COc1ccc([C@H](C)N(C)CC(=O)N2CCOCC2)cc1Cl. The molecule has 22 heavy (non-hydrogen) atoms. The van der Waals surface area contributed by atoms with Crippen molar-refractivity contribution in [2.45, 2.75) is 13.0 Å². The van der Waals surface area contributed by atoms with Crippen LogP contribution in [0, 0.1) is 0 Å². The average molecular weight is 327 g/mol. The van der Waals surface area contributed by atoms with Crippen LogP contribution in [0.4, 0.5) is 0 Å². The van der Waals surface area contributed by atoms with Crippen LogP contribution in [0.25, 0.3) is 0 Å². The Hall–Kier alpha value is -1.30. The van der Waals surface area contributed by atoms with Gasteiger partial charge in [0.15, 0.2) is 0 Å². The highest BCUT2D eigenvalue weighted by molar-refractivity contribution is 6.32. The van der Waals surface area contributed by atoms with Crippen molar-refractivity contribution in [2.75, 3.05) is 47.0 Å². The summed E-state index contributed by atoms with van der Waals surface area (Å²) in [5.41, 5.74) is 1.06. The minimum absolute atomic E-state index is 0.0911. The van der Waals surface area contributed by atoms with Gasteiger partial charge in [0.2, 0.25) is 5.91 Å². The van der Waals surface area contributed by atoms with Gasteiger partial charge in [0.05, 0.1) is 31.9 Å². The number of carbonyl (C=O) groups is 1. The zero-order valence-corrected chi connectivity index (χ0v) is 14.1. The first-order chi connectivity index (χ1) is 10.5. The topological polar surface area (TPSA) is 42.0 Å². The molecule has 1 aliphatic heterocycles. The molecular formula is C16H23ClN2O3. The molecule has 0 spiro atoms. The fourth-order valence-electron chi connectivity index (χ4n) is 2.46. The van der Waals surface area contributed by atoms with Gasteiger partial charge in [-0.25, -0.2) is 0 Å². The standard InChI is InChI=1S/C16H23ClN2O3/c1-12(13-4-5-15(21-3)14(17)10-13)18(2)11-16(20)19-6-8-22-9-7-19/h4-5,10,12H,6-9,11H2,1-3H3/t12-/m0/s1. The first-order valence-electron chi connectivity index (χ1n) is 7.42. The lowest BCUT2D eigenvalue weighted by Crippen LogP contribution is -2.45. The van der Waals surface area contributed by atoms with Gasteiger partial charge >= 0.3 is 0 Å². The number of methoxy groups -OCH3 is 1. The molecule has 122 valence electrons. The lowest BCUT2D eigenvalue weighted by Gasteiger charge is -2.31. The Kier molecular flexibility index (Phi) is 6.06. The van der Waals surface area contributed by atoms with E-state index in [0.29, 0.717) is 43.6 Å². The molecule has 1 aromatic rings. The van der Waals surface area contributed by atoms with Crippen LogP contribution in [0.2, 0.25) is 5.02 Å². The van der Waals surface area contributed by atoms with E-state index in [1.807, 2.05) is 35.0 Å². The van der Waals surface area contributed by atoms with Crippen molar-refractivity contribution in [3.8, 4) is 5.75 Å². The summed E-state index contributed by atoms with van der Waals surface area (Å²) in [6, 6.07) is 5.81. The Morgan fingerprint density at radius 3 is 2.73 bits per heavy atom. The number of hydrogen-bond acceptors (Lipinski definition) is 4. The molecule has 0 aliphatic carbocycles. The number of ether oxygens (including phenoxy) is 2. The third-order valence-electron chi connectivity index (χ3n) is 4.07. The van der Waals surface area contributed by atoms with E-state index >= 15 is 0 Å². The number of carbonyl (C=O) groups excluding carboxylic acids is 1. The van der Waals surface area contributed by atoms with E-state index in [1.165, 1.54) is 0 Å². The van der Waals surface area contributed by atoms with E-state index in [0.717, 1.165) is 5.56 Å². The van der Waals surface area contributed by atoms with Crippen molar-refractivity contribution in [1.82, 2.24) is 9.80 Å². The maximum atomic E-state index is 12.3. The quantitative estimate of drug-likeness (QED) is 0.832. The monoisotopic (exact) mass is 326 g/mol. The molecule has 2 rings (SSSR count). The molecule has 1 aliphatic rings. The molecule has 0 N–H and O–H groups in total. The van der Waals surface area contributed by atoms with Crippen molar-refractivity contribution in [3.63, 3.8) is 0 Å². The van der Waals surface area contributed by atoms with Gasteiger partial charge in [0, 0.05) is 19.1 Å². The molecular weight excluding hydrogens is 304 g/mol. The van der Waals surface area contributed by atoms with Gasteiger partial charge in [-0.15, -0.1) is 0 Å². The minimum atomic E-state index is 0.0911. The second-order valence-electron chi connectivity index (χ2n) is 5.48. The molecule has 0 saturated carbocycles. The molecule has 5 nitrogen and oxygen atoms in total. The van der Waals surface area contributed by atoms with E-state index in [9.17, 15) is 4.79 Å². The number of halogens is 1. The van der Waals surface area contributed by atoms with Crippen molar-refractivity contribution in [2.24, 2.45) is 0 Å². The van der Waals surface area contributed by atoms with E-state index < -0.39 is 0 Å². The Morgan fingerprint density at radius 1 is 1.45 bits per heavy atom. The predicted molar refractivity (Wildman–Crippen MR) is 86.4 cm³/mol. The van der Waals surface area contributed by atoms with E-state index in [-0.39, 0.29) is 11.9 Å². The highest BCUT2D eigenvalue weighted by atomic mass is 35.5. The Morgan fingerprint density at radius 2 is 2.14 bits per heavy atom. The van der Waals surface area contributed by atoms with Gasteiger partial charge in [-0.3, -0.25) is 9.69 Å². The fraction of sp³-hybridized carbons (Fsp3) is 0.562. The summed E-state index contributed by atoms with van der Waals surface area (Å²) in [6.07, 6.45) is 0. The van der Waals surface area contributed by atoms with Gasteiger partial charge in [0.1, 0.15) is 5.75 Å². The van der Waals surface area contributed by atoms with Crippen LogP contribution in [0.1, 0.15) is 18.5 Å². The lowest BCUT2D eigenvalue weighted by molar-refractivity contribution is -0.136. The number of morpholine rings is 1. The molecule has 6 heteroatoms. The third kappa shape index (κ3) is 4.12. The van der Waals surface area contributed by atoms with Crippen LogP contribution >= 0.6 is 11.6 Å². The second kappa shape index (κ2) is 7.81. The maximum Gasteiger partial charge on any atom is 0.236 e. The Labute approximate surface area is 136 Å². The lowest BCUT2D eigenvalue weighted by atomic mass is 10.1. The largest absolute Gasteiger partial charge is 0.495 e. The van der Waals surface area contributed by atoms with E-state index in [4.69, 9.17) is 21.1 Å². The van der Waals surface area contributed by atoms with E-state index in [1.54, 1.807) is 7.11 Å². The predicted octanol–water partition coefficient (Wildman–Crippen LogP) is 2.20. The molecule has 1 saturated heterocycles. The summed E-state index contributed by atoms with van der Waals surface area (Å²) >= 11 is 6.17. The van der Waals surface area contributed by atoms with Gasteiger partial charge in [-0.2, -0.15) is 0 Å². The summed E-state index contributed by atoms with van der Waals surface area (Å²) in [5, 5.41) is 0.583. The number of amides is 1. The van der Waals surface area contributed by atoms with Gasteiger partial charge < -0.3 is 14.4 Å². The van der Waals surface area contributed by atoms with Crippen LogP contribution in [0.15, 0.2) is 18.2 Å². The van der Waals surface area contributed by atoms with Gasteiger partial charge in [-0.05, 0) is 31.7 Å². The molecule has 1 atom stereocenters. The minimum Gasteiger partial charge on any atom is -0.495 e. The smallest absolute Gasteiger partial charge is 0.236 e. The van der Waals surface area contributed by atoms with Gasteiger partial charge in [0.25, 0.3) is 0 Å². The summed E-state index contributed by atoms with van der Waals surface area (Å²) in [6.45, 7) is 5.04. The summed E-state index contributed by atoms with van der Waals surface area (Å²) < 4.78 is 10.4. The zero-order chi connectivity index (χ0) is 16.1.